The SMILES string of the molecule is CCCCc1ccc([C@H]2CC[C@H](CC[C@H]3CC[C@H](CC=CCCCCF)CC3)CC2)cc1. The van der Waals surface area contributed by atoms with Gasteiger partial charge in [-0.05, 0) is 112 Å². The predicted molar refractivity (Wildman–Crippen MR) is 138 cm³/mol. The Kier molecular flexibility index (Phi) is 11.9. The van der Waals surface area contributed by atoms with Crippen LogP contribution in [0.2, 0.25) is 0 Å². The van der Waals surface area contributed by atoms with Gasteiger partial charge < -0.3 is 0 Å². The van der Waals surface area contributed by atoms with Crippen LogP contribution >= 0.6 is 0 Å². The highest BCUT2D eigenvalue weighted by Gasteiger charge is 2.25. The van der Waals surface area contributed by atoms with E-state index in [9.17, 15) is 4.39 Å². The maximum Gasteiger partial charge on any atom is 0.0894 e. The number of benzene rings is 1. The van der Waals surface area contributed by atoms with Crippen LogP contribution in [0.4, 0.5) is 4.39 Å². The molecule has 2 aliphatic carbocycles. The molecule has 3 rings (SSSR count). The number of alkyl halides is 1. The second-order valence-electron chi connectivity index (χ2n) is 10.9. The van der Waals surface area contributed by atoms with Crippen LogP contribution in [0.1, 0.15) is 127 Å². The Morgan fingerprint density at radius 2 is 1.38 bits per heavy atom. The third-order valence-corrected chi connectivity index (χ3v) is 8.46. The highest BCUT2D eigenvalue weighted by molar-refractivity contribution is 5.26. The van der Waals surface area contributed by atoms with Crippen molar-refractivity contribution in [2.75, 3.05) is 6.67 Å². The van der Waals surface area contributed by atoms with Gasteiger partial charge in [0.15, 0.2) is 0 Å². The number of allylic oxidation sites excluding steroid dienone is 2. The second-order valence-corrected chi connectivity index (χ2v) is 10.9. The summed E-state index contributed by atoms with van der Waals surface area (Å²) in [6, 6.07) is 9.62. The number of hydrogen-bond acceptors (Lipinski definition) is 0. The van der Waals surface area contributed by atoms with Crippen LogP contribution in [0.5, 0.6) is 0 Å². The molecule has 180 valence electrons. The lowest BCUT2D eigenvalue weighted by atomic mass is 9.74. The van der Waals surface area contributed by atoms with E-state index in [1.807, 2.05) is 0 Å². The van der Waals surface area contributed by atoms with Crippen LogP contribution in [0.3, 0.4) is 0 Å². The van der Waals surface area contributed by atoms with E-state index < -0.39 is 0 Å². The summed E-state index contributed by atoms with van der Waals surface area (Å²) in [5, 5.41) is 0. The van der Waals surface area contributed by atoms with Crippen molar-refractivity contribution in [1.82, 2.24) is 0 Å². The van der Waals surface area contributed by atoms with Crippen LogP contribution < -0.4 is 0 Å². The highest BCUT2D eigenvalue weighted by Crippen LogP contribution is 2.40. The van der Waals surface area contributed by atoms with Crippen molar-refractivity contribution >= 4 is 0 Å². The maximum atomic E-state index is 12.1. The molecule has 32 heavy (non-hydrogen) atoms. The van der Waals surface area contributed by atoms with E-state index in [-0.39, 0.29) is 6.67 Å². The molecule has 0 spiro atoms. The fraction of sp³-hybridized carbons (Fsp3) is 0.742. The Morgan fingerprint density at radius 3 is 2.00 bits per heavy atom. The first-order valence-corrected chi connectivity index (χ1v) is 14.1. The summed E-state index contributed by atoms with van der Waals surface area (Å²) in [5.41, 5.74) is 3.11. The van der Waals surface area contributed by atoms with Gasteiger partial charge in [0.05, 0.1) is 6.67 Å². The van der Waals surface area contributed by atoms with Gasteiger partial charge in [-0.25, -0.2) is 0 Å². The zero-order valence-electron chi connectivity index (χ0n) is 20.9. The van der Waals surface area contributed by atoms with Gasteiger partial charge in [-0.3, -0.25) is 4.39 Å². The van der Waals surface area contributed by atoms with Crippen LogP contribution in [-0.4, -0.2) is 6.67 Å². The first kappa shape index (κ1) is 25.5. The molecule has 0 saturated heterocycles. The lowest BCUT2D eigenvalue weighted by Crippen LogP contribution is -2.17. The van der Waals surface area contributed by atoms with Crippen LogP contribution in [0, 0.1) is 17.8 Å². The molecule has 2 aliphatic rings. The van der Waals surface area contributed by atoms with Crippen LogP contribution in [0.25, 0.3) is 0 Å². The minimum absolute atomic E-state index is 0.160. The Balaban J connectivity index is 1.26. The van der Waals surface area contributed by atoms with Crippen LogP contribution in [-0.2, 0) is 6.42 Å². The first-order valence-electron chi connectivity index (χ1n) is 14.1. The van der Waals surface area contributed by atoms with E-state index in [1.54, 1.807) is 5.56 Å². The van der Waals surface area contributed by atoms with E-state index in [0.717, 1.165) is 42.9 Å². The van der Waals surface area contributed by atoms with E-state index in [0.29, 0.717) is 0 Å². The Morgan fingerprint density at radius 1 is 0.750 bits per heavy atom. The molecule has 1 aromatic rings. The topological polar surface area (TPSA) is 0 Å². The minimum atomic E-state index is -0.160. The Labute approximate surface area is 198 Å². The van der Waals surface area contributed by atoms with Gasteiger partial charge in [-0.15, -0.1) is 0 Å². The van der Waals surface area contributed by atoms with Gasteiger partial charge in [0.2, 0.25) is 0 Å². The number of hydrogen-bond donors (Lipinski definition) is 0. The molecule has 0 aromatic heterocycles. The predicted octanol–water partition coefficient (Wildman–Crippen LogP) is 9.98. The van der Waals surface area contributed by atoms with Gasteiger partial charge >= 0.3 is 0 Å². The molecule has 0 bridgehead atoms. The van der Waals surface area contributed by atoms with Gasteiger partial charge in [-0.2, -0.15) is 0 Å². The average molecular weight is 441 g/mol. The summed E-state index contributed by atoms with van der Waals surface area (Å²) in [6.45, 7) is 2.12. The van der Waals surface area contributed by atoms with Crippen molar-refractivity contribution in [3.8, 4) is 0 Å². The van der Waals surface area contributed by atoms with Gasteiger partial charge in [0, 0.05) is 0 Å². The third kappa shape index (κ3) is 9.03. The highest BCUT2D eigenvalue weighted by atomic mass is 19.1. The van der Waals surface area contributed by atoms with Gasteiger partial charge in [0.25, 0.3) is 0 Å². The molecule has 0 aliphatic heterocycles. The summed E-state index contributed by atoms with van der Waals surface area (Å²) in [5.74, 6) is 3.70. The molecule has 0 nitrogen and oxygen atoms in total. The van der Waals surface area contributed by atoms with E-state index in [1.165, 1.54) is 95.5 Å². The number of rotatable bonds is 13. The molecule has 1 heteroatoms. The van der Waals surface area contributed by atoms with Gasteiger partial charge in [0.1, 0.15) is 0 Å². The summed E-state index contributed by atoms with van der Waals surface area (Å²) in [7, 11) is 0. The van der Waals surface area contributed by atoms with Crippen molar-refractivity contribution in [3.63, 3.8) is 0 Å². The third-order valence-electron chi connectivity index (χ3n) is 8.46. The standard InChI is InChI=1S/C31H49F/c1-2-3-9-26-17-21-30(22-18-26)31-23-19-29(20-24-31)16-15-28-13-11-27(12-14-28)10-7-5-4-6-8-25-32/h5,7,17-18,21-22,27-29,31H,2-4,6,8-16,19-20,23-25H2,1H3/t27-,28-,29-,31-. The smallest absolute Gasteiger partial charge is 0.0894 e. The molecule has 0 atom stereocenters. The van der Waals surface area contributed by atoms with Crippen molar-refractivity contribution < 1.29 is 4.39 Å². The Hall–Kier alpha value is -1.11. The quantitative estimate of drug-likeness (QED) is 0.211. The molecule has 0 radical (unpaired) electrons. The number of halogens is 1. The Bertz CT molecular complexity index is 614. The summed E-state index contributed by atoms with van der Waals surface area (Å²) in [6.07, 6.45) is 27.0. The largest absolute Gasteiger partial charge is 0.251 e. The van der Waals surface area contributed by atoms with E-state index >= 15 is 0 Å². The lowest BCUT2D eigenvalue weighted by Gasteiger charge is -2.32. The number of aryl methyl sites for hydroxylation is 1. The summed E-state index contributed by atoms with van der Waals surface area (Å²) >= 11 is 0. The van der Waals surface area contributed by atoms with Crippen molar-refractivity contribution in [1.29, 1.82) is 0 Å². The molecule has 0 amide bonds. The van der Waals surface area contributed by atoms with E-state index in [2.05, 4.69) is 43.3 Å². The molecule has 0 heterocycles. The molecule has 2 fully saturated rings. The fourth-order valence-electron chi connectivity index (χ4n) is 6.11. The average Bonchev–Trinajstić information content (AvgIpc) is 2.85. The molecular formula is C31H49F. The molecular weight excluding hydrogens is 391 g/mol. The van der Waals surface area contributed by atoms with Crippen molar-refractivity contribution in [2.45, 2.75) is 122 Å². The zero-order valence-corrected chi connectivity index (χ0v) is 20.9. The minimum Gasteiger partial charge on any atom is -0.251 e. The fourth-order valence-corrected chi connectivity index (χ4v) is 6.11. The van der Waals surface area contributed by atoms with Crippen molar-refractivity contribution in [2.24, 2.45) is 17.8 Å². The maximum absolute atomic E-state index is 12.1. The first-order chi connectivity index (χ1) is 15.8. The molecule has 0 unspecified atom stereocenters. The summed E-state index contributed by atoms with van der Waals surface area (Å²) < 4.78 is 12.1. The zero-order chi connectivity index (χ0) is 22.4. The second kappa shape index (κ2) is 14.9. The monoisotopic (exact) mass is 440 g/mol. The molecule has 2 saturated carbocycles. The molecule has 0 N–H and O–H groups in total. The van der Waals surface area contributed by atoms with Crippen molar-refractivity contribution in [3.05, 3.63) is 47.5 Å². The lowest BCUT2D eigenvalue weighted by molar-refractivity contribution is 0.231. The number of unbranched alkanes of at least 4 members (excludes halogenated alkanes) is 3. The summed E-state index contributed by atoms with van der Waals surface area (Å²) in [4.78, 5) is 0. The van der Waals surface area contributed by atoms with E-state index in [4.69, 9.17) is 0 Å². The van der Waals surface area contributed by atoms with Crippen LogP contribution in [0.15, 0.2) is 36.4 Å². The van der Waals surface area contributed by atoms with Gasteiger partial charge in [-0.1, -0.05) is 75.4 Å². The molecule has 1 aromatic carbocycles. The normalized spacial score (nSPS) is 26.6.